The lowest BCUT2D eigenvalue weighted by molar-refractivity contribution is -0.156. The van der Waals surface area contributed by atoms with E-state index in [2.05, 4.69) is 13.5 Å². The van der Waals surface area contributed by atoms with Crippen LogP contribution in [-0.4, -0.2) is 11.9 Å². The fraction of sp³-hybridized carbons (Fsp3) is 0.895. The van der Waals surface area contributed by atoms with Gasteiger partial charge in [0, 0.05) is 12.0 Å². The molecule has 0 fully saturated rings. The summed E-state index contributed by atoms with van der Waals surface area (Å²) in [6.07, 6.45) is 43.4. The third-order valence-electron chi connectivity index (χ3n) is 8.54. The Balaban J connectivity index is 3.11. The molecule has 242 valence electrons. The SMILES string of the molecule is C=C(C)C(=O)OC(=O)CCCCCCCCCCCCCCCCCCCCCCCCCCCCCCCCC. The lowest BCUT2D eigenvalue weighted by Crippen LogP contribution is -2.12. The van der Waals surface area contributed by atoms with Gasteiger partial charge in [0.05, 0.1) is 0 Å². The predicted octanol–water partition coefficient (Wildman–Crippen LogP) is 13.1. The summed E-state index contributed by atoms with van der Waals surface area (Å²) in [5.41, 5.74) is 0.272. The highest BCUT2D eigenvalue weighted by atomic mass is 16.6. The van der Waals surface area contributed by atoms with Gasteiger partial charge in [0.2, 0.25) is 0 Å². The quantitative estimate of drug-likeness (QED) is 0.0338. The molecule has 0 radical (unpaired) electrons. The number of carbonyl (C=O) groups is 2. The van der Waals surface area contributed by atoms with Gasteiger partial charge >= 0.3 is 11.9 Å². The van der Waals surface area contributed by atoms with Gasteiger partial charge in [0.1, 0.15) is 0 Å². The van der Waals surface area contributed by atoms with Gasteiger partial charge in [0.15, 0.2) is 0 Å². The summed E-state index contributed by atoms with van der Waals surface area (Å²) in [5, 5.41) is 0. The molecule has 0 spiro atoms. The summed E-state index contributed by atoms with van der Waals surface area (Å²) in [6, 6.07) is 0. The van der Waals surface area contributed by atoms with Gasteiger partial charge in [-0.15, -0.1) is 0 Å². The van der Waals surface area contributed by atoms with Crippen molar-refractivity contribution in [3.8, 4) is 0 Å². The van der Waals surface area contributed by atoms with Crippen LogP contribution in [0.1, 0.15) is 219 Å². The van der Waals surface area contributed by atoms with Gasteiger partial charge in [-0.1, -0.05) is 206 Å². The number of carbonyl (C=O) groups excluding carboxylic acids is 2. The minimum atomic E-state index is -0.601. The van der Waals surface area contributed by atoms with E-state index in [0.717, 1.165) is 12.8 Å². The van der Waals surface area contributed by atoms with E-state index in [0.29, 0.717) is 6.42 Å². The Morgan fingerprint density at radius 2 is 0.634 bits per heavy atom. The molecule has 3 heteroatoms. The molecule has 0 aliphatic heterocycles. The Morgan fingerprint density at radius 1 is 0.415 bits per heavy atom. The van der Waals surface area contributed by atoms with Crippen LogP contribution in [0.15, 0.2) is 12.2 Å². The van der Waals surface area contributed by atoms with Crippen LogP contribution < -0.4 is 0 Å². The summed E-state index contributed by atoms with van der Waals surface area (Å²) in [6.45, 7) is 7.34. The van der Waals surface area contributed by atoms with Crippen molar-refractivity contribution in [1.29, 1.82) is 0 Å². The van der Waals surface area contributed by atoms with Crippen LogP contribution in [0.4, 0.5) is 0 Å². The molecule has 0 amide bonds. The highest BCUT2D eigenvalue weighted by Gasteiger charge is 2.10. The molecule has 0 aromatic heterocycles. The van der Waals surface area contributed by atoms with E-state index in [1.807, 2.05) is 0 Å². The zero-order chi connectivity index (χ0) is 30.1. The summed E-state index contributed by atoms with van der Waals surface area (Å²) >= 11 is 0. The molecule has 0 aromatic carbocycles. The van der Waals surface area contributed by atoms with Gasteiger partial charge in [0.25, 0.3) is 0 Å². The monoisotopic (exact) mass is 577 g/mol. The third-order valence-corrected chi connectivity index (χ3v) is 8.54. The first-order valence-electron chi connectivity index (χ1n) is 18.5. The zero-order valence-corrected chi connectivity index (χ0v) is 28.1. The normalized spacial score (nSPS) is 11.2. The minimum Gasteiger partial charge on any atom is -0.390 e. The van der Waals surface area contributed by atoms with Crippen LogP contribution in [0.3, 0.4) is 0 Å². The number of unbranched alkanes of at least 4 members (excludes halogenated alkanes) is 30. The third kappa shape index (κ3) is 33.3. The Hall–Kier alpha value is -1.12. The second-order valence-electron chi connectivity index (χ2n) is 12.9. The molecule has 0 bridgehead atoms. The second kappa shape index (κ2) is 33.4. The summed E-state index contributed by atoms with van der Waals surface area (Å²) < 4.78 is 4.70. The number of hydrogen-bond acceptors (Lipinski definition) is 3. The molecule has 0 aliphatic carbocycles. The van der Waals surface area contributed by atoms with E-state index in [9.17, 15) is 9.59 Å². The van der Waals surface area contributed by atoms with E-state index in [1.54, 1.807) is 6.92 Å². The summed E-state index contributed by atoms with van der Waals surface area (Å²) in [5.74, 6) is -1.02. The summed E-state index contributed by atoms with van der Waals surface area (Å²) in [7, 11) is 0. The van der Waals surface area contributed by atoms with E-state index < -0.39 is 11.9 Å². The van der Waals surface area contributed by atoms with E-state index in [-0.39, 0.29) is 5.57 Å². The van der Waals surface area contributed by atoms with Crippen LogP contribution in [0.25, 0.3) is 0 Å². The van der Waals surface area contributed by atoms with Crippen molar-refractivity contribution in [2.24, 2.45) is 0 Å². The van der Waals surface area contributed by atoms with E-state index in [4.69, 9.17) is 4.74 Å². The van der Waals surface area contributed by atoms with Gasteiger partial charge in [-0.2, -0.15) is 0 Å². The highest BCUT2D eigenvalue weighted by Crippen LogP contribution is 2.17. The standard InChI is InChI=1S/C38H72O3/c1-4-5-6-7-8-9-10-11-12-13-14-15-16-17-18-19-20-21-22-23-24-25-26-27-28-29-30-31-32-33-34-35-37(39)41-38(40)36(2)3/h2,4-35H2,1,3H3. The average molecular weight is 577 g/mol. The molecule has 3 nitrogen and oxygen atoms in total. The van der Waals surface area contributed by atoms with Crippen molar-refractivity contribution in [3.05, 3.63) is 12.2 Å². The van der Waals surface area contributed by atoms with E-state index in [1.165, 1.54) is 186 Å². The number of hydrogen-bond donors (Lipinski definition) is 0. The molecule has 0 aromatic rings. The fourth-order valence-corrected chi connectivity index (χ4v) is 5.71. The van der Waals surface area contributed by atoms with E-state index >= 15 is 0 Å². The smallest absolute Gasteiger partial charge is 0.340 e. The molecule has 0 unspecified atom stereocenters. The van der Waals surface area contributed by atoms with Crippen molar-refractivity contribution in [1.82, 2.24) is 0 Å². The van der Waals surface area contributed by atoms with Crippen molar-refractivity contribution in [2.45, 2.75) is 219 Å². The average Bonchev–Trinajstić information content (AvgIpc) is 2.95. The van der Waals surface area contributed by atoms with Crippen molar-refractivity contribution in [2.75, 3.05) is 0 Å². The molecule has 0 heterocycles. The first-order valence-corrected chi connectivity index (χ1v) is 18.5. The number of rotatable bonds is 33. The Morgan fingerprint density at radius 3 is 0.854 bits per heavy atom. The molecule has 0 saturated heterocycles. The molecular weight excluding hydrogens is 504 g/mol. The summed E-state index contributed by atoms with van der Waals surface area (Å²) in [4.78, 5) is 22.8. The zero-order valence-electron chi connectivity index (χ0n) is 28.1. The molecule has 0 atom stereocenters. The van der Waals surface area contributed by atoms with Gasteiger partial charge < -0.3 is 4.74 Å². The number of esters is 2. The van der Waals surface area contributed by atoms with Crippen LogP contribution in [0, 0.1) is 0 Å². The molecule has 0 saturated carbocycles. The maximum Gasteiger partial charge on any atom is 0.340 e. The molecular formula is C38H72O3. The van der Waals surface area contributed by atoms with Crippen LogP contribution in [0.5, 0.6) is 0 Å². The highest BCUT2D eigenvalue weighted by molar-refractivity contribution is 5.95. The lowest BCUT2D eigenvalue weighted by Gasteiger charge is -2.05. The van der Waals surface area contributed by atoms with Crippen LogP contribution in [0.2, 0.25) is 0 Å². The first kappa shape index (κ1) is 39.9. The minimum absolute atomic E-state index is 0.272. The maximum atomic E-state index is 11.5. The number of ether oxygens (including phenoxy) is 1. The van der Waals surface area contributed by atoms with Gasteiger partial charge in [-0.3, -0.25) is 4.79 Å². The van der Waals surface area contributed by atoms with Crippen molar-refractivity contribution in [3.63, 3.8) is 0 Å². The second-order valence-corrected chi connectivity index (χ2v) is 12.9. The molecule has 41 heavy (non-hydrogen) atoms. The van der Waals surface area contributed by atoms with Crippen molar-refractivity contribution >= 4 is 11.9 Å². The van der Waals surface area contributed by atoms with Gasteiger partial charge in [-0.25, -0.2) is 4.79 Å². The molecule has 0 aliphatic rings. The Kier molecular flexibility index (Phi) is 32.5. The van der Waals surface area contributed by atoms with Crippen LogP contribution >= 0.6 is 0 Å². The lowest BCUT2D eigenvalue weighted by atomic mass is 10.0. The Labute approximate surface area is 257 Å². The van der Waals surface area contributed by atoms with Crippen molar-refractivity contribution < 1.29 is 14.3 Å². The van der Waals surface area contributed by atoms with Crippen LogP contribution in [-0.2, 0) is 14.3 Å². The molecule has 0 rings (SSSR count). The first-order chi connectivity index (χ1) is 20.1. The van der Waals surface area contributed by atoms with Gasteiger partial charge in [-0.05, 0) is 13.3 Å². The largest absolute Gasteiger partial charge is 0.390 e. The Bertz CT molecular complexity index is 582. The molecule has 0 N–H and O–H groups in total. The maximum absolute atomic E-state index is 11.5. The topological polar surface area (TPSA) is 43.4 Å². The fourth-order valence-electron chi connectivity index (χ4n) is 5.71. The predicted molar refractivity (Wildman–Crippen MR) is 179 cm³/mol.